The van der Waals surface area contributed by atoms with E-state index in [1.807, 2.05) is 26.8 Å². The molecule has 4 heterocycles. The van der Waals surface area contributed by atoms with Crippen LogP contribution in [0.2, 0.25) is 0 Å². The summed E-state index contributed by atoms with van der Waals surface area (Å²) in [7, 11) is 0. The molecule has 0 saturated carbocycles. The van der Waals surface area contributed by atoms with Crippen molar-refractivity contribution in [3.8, 4) is 10.6 Å². The number of nitrogens with one attached hydrogen (secondary N) is 1. The molecule has 0 aromatic carbocycles. The summed E-state index contributed by atoms with van der Waals surface area (Å²) in [5.41, 5.74) is 2.76. The first-order valence-corrected chi connectivity index (χ1v) is 10.2. The minimum atomic E-state index is -0.288. The van der Waals surface area contributed by atoms with E-state index in [2.05, 4.69) is 42.9 Å². The Kier molecular flexibility index (Phi) is 4.71. The summed E-state index contributed by atoms with van der Waals surface area (Å²) in [5.74, 6) is 0.296. The van der Waals surface area contributed by atoms with Crippen LogP contribution in [0.1, 0.15) is 31.9 Å². The van der Waals surface area contributed by atoms with Gasteiger partial charge in [-0.05, 0) is 45.4 Å². The molecule has 4 aromatic rings. The van der Waals surface area contributed by atoms with Crippen molar-refractivity contribution in [2.24, 2.45) is 0 Å². The maximum atomic E-state index is 12.3. The van der Waals surface area contributed by atoms with Crippen LogP contribution in [0.25, 0.3) is 16.3 Å². The number of hydrogen-bond acceptors (Lipinski definition) is 7. The highest BCUT2D eigenvalue weighted by molar-refractivity contribution is 7.16. The molecule has 1 N–H and O–H groups in total. The van der Waals surface area contributed by atoms with Gasteiger partial charge in [0.25, 0.3) is 11.7 Å². The standard InChI is InChI=1S/C18H18N6OS2/c1-10-8-11(2)24-18(20-10)22-16(23-24)17(25)19-7-6-13-4-5-15(27-13)14-9-26-12(3)21-14/h4-5,8-9H,6-7H2,1-3H3,(H,19,25). The molecule has 7 nitrogen and oxygen atoms in total. The number of thiazole rings is 1. The number of rotatable bonds is 5. The van der Waals surface area contributed by atoms with Gasteiger partial charge in [0.05, 0.1) is 15.6 Å². The fourth-order valence-electron chi connectivity index (χ4n) is 2.77. The number of carbonyl (C=O) groups excluding carboxylic acids is 1. The van der Waals surface area contributed by atoms with E-state index in [-0.39, 0.29) is 11.7 Å². The highest BCUT2D eigenvalue weighted by Crippen LogP contribution is 2.29. The molecule has 4 aromatic heterocycles. The van der Waals surface area contributed by atoms with Crippen molar-refractivity contribution in [1.82, 2.24) is 29.9 Å². The Morgan fingerprint density at radius 3 is 2.81 bits per heavy atom. The third-order valence-corrected chi connectivity index (χ3v) is 5.95. The number of carbonyl (C=O) groups is 1. The first-order valence-electron chi connectivity index (χ1n) is 8.50. The van der Waals surface area contributed by atoms with Crippen LogP contribution in [0.5, 0.6) is 0 Å². The Hall–Kier alpha value is -2.65. The van der Waals surface area contributed by atoms with Gasteiger partial charge in [0.1, 0.15) is 0 Å². The molecule has 9 heteroatoms. The van der Waals surface area contributed by atoms with Gasteiger partial charge >= 0.3 is 0 Å². The van der Waals surface area contributed by atoms with Gasteiger partial charge < -0.3 is 5.32 Å². The second-order valence-corrected chi connectivity index (χ2v) is 8.44. The maximum absolute atomic E-state index is 12.3. The monoisotopic (exact) mass is 398 g/mol. The number of amides is 1. The van der Waals surface area contributed by atoms with E-state index in [0.717, 1.165) is 33.4 Å². The lowest BCUT2D eigenvalue weighted by atomic mass is 10.3. The summed E-state index contributed by atoms with van der Waals surface area (Å²) in [4.78, 5) is 27.7. The molecule has 0 saturated heterocycles. The van der Waals surface area contributed by atoms with Crippen LogP contribution in [0.4, 0.5) is 0 Å². The lowest BCUT2D eigenvalue weighted by Gasteiger charge is -2.00. The Morgan fingerprint density at radius 2 is 2.04 bits per heavy atom. The van der Waals surface area contributed by atoms with E-state index in [9.17, 15) is 4.79 Å². The lowest BCUT2D eigenvalue weighted by Crippen LogP contribution is -2.26. The van der Waals surface area contributed by atoms with Gasteiger partial charge in [-0.3, -0.25) is 4.79 Å². The quantitative estimate of drug-likeness (QED) is 0.558. The van der Waals surface area contributed by atoms with Crippen LogP contribution in [0.15, 0.2) is 23.6 Å². The molecule has 0 radical (unpaired) electrons. The Bertz CT molecular complexity index is 1130. The smallest absolute Gasteiger partial charge is 0.291 e. The average Bonchev–Trinajstić information content (AvgIpc) is 3.33. The van der Waals surface area contributed by atoms with Crippen molar-refractivity contribution in [3.63, 3.8) is 0 Å². The molecule has 0 spiro atoms. The topological polar surface area (TPSA) is 85.1 Å². The maximum Gasteiger partial charge on any atom is 0.291 e. The van der Waals surface area contributed by atoms with Crippen molar-refractivity contribution in [2.45, 2.75) is 27.2 Å². The van der Waals surface area contributed by atoms with Crippen LogP contribution in [0, 0.1) is 20.8 Å². The Morgan fingerprint density at radius 1 is 1.19 bits per heavy atom. The first-order chi connectivity index (χ1) is 13.0. The van der Waals surface area contributed by atoms with Gasteiger partial charge in [-0.25, -0.2) is 14.5 Å². The van der Waals surface area contributed by atoms with Gasteiger partial charge in [0.15, 0.2) is 0 Å². The Labute approximate surface area is 164 Å². The first kappa shape index (κ1) is 17.7. The fourth-order valence-corrected chi connectivity index (χ4v) is 4.42. The molecule has 0 atom stereocenters. The second-order valence-electron chi connectivity index (χ2n) is 6.21. The number of aryl methyl sites for hydroxylation is 3. The largest absolute Gasteiger partial charge is 0.349 e. The third-order valence-electron chi connectivity index (χ3n) is 4.01. The van der Waals surface area contributed by atoms with E-state index < -0.39 is 0 Å². The highest BCUT2D eigenvalue weighted by Gasteiger charge is 2.15. The molecule has 0 aliphatic heterocycles. The molecule has 4 rings (SSSR count). The lowest BCUT2D eigenvalue weighted by molar-refractivity contribution is 0.0944. The highest BCUT2D eigenvalue weighted by atomic mass is 32.1. The molecule has 1 amide bonds. The number of thiophene rings is 1. The molecule has 0 fully saturated rings. The summed E-state index contributed by atoms with van der Waals surface area (Å²) in [5, 5.41) is 10.3. The predicted octanol–water partition coefficient (Wildman–Crippen LogP) is 3.21. The van der Waals surface area contributed by atoms with Crippen LogP contribution >= 0.6 is 22.7 Å². The zero-order valence-electron chi connectivity index (χ0n) is 15.2. The third kappa shape index (κ3) is 3.74. The molecule has 138 valence electrons. The van der Waals surface area contributed by atoms with Gasteiger partial charge in [-0.1, -0.05) is 0 Å². The van der Waals surface area contributed by atoms with Gasteiger partial charge in [-0.15, -0.1) is 27.8 Å². The number of fused-ring (bicyclic) bond motifs is 1. The molecule has 0 bridgehead atoms. The van der Waals surface area contributed by atoms with Gasteiger partial charge in [0, 0.05) is 28.2 Å². The summed E-state index contributed by atoms with van der Waals surface area (Å²) in [6.07, 6.45) is 0.753. The zero-order chi connectivity index (χ0) is 19.0. The van der Waals surface area contributed by atoms with Crippen LogP contribution < -0.4 is 5.32 Å². The summed E-state index contributed by atoms with van der Waals surface area (Å²) >= 11 is 3.35. The molecular weight excluding hydrogens is 380 g/mol. The minimum absolute atomic E-state index is 0.140. The molecule has 0 aliphatic rings. The van der Waals surface area contributed by atoms with Crippen LogP contribution in [0.3, 0.4) is 0 Å². The summed E-state index contributed by atoms with van der Waals surface area (Å²) in [6, 6.07) is 6.07. The van der Waals surface area contributed by atoms with Crippen LogP contribution in [-0.4, -0.2) is 37.0 Å². The van der Waals surface area contributed by atoms with Crippen LogP contribution in [-0.2, 0) is 6.42 Å². The number of aromatic nitrogens is 5. The fraction of sp³-hybridized carbons (Fsp3) is 0.278. The molecule has 0 unspecified atom stereocenters. The SMILES string of the molecule is Cc1cc(C)n2nc(C(=O)NCCc3ccc(-c4csc(C)n4)s3)nc2n1. The molecule has 27 heavy (non-hydrogen) atoms. The summed E-state index contributed by atoms with van der Waals surface area (Å²) < 4.78 is 1.59. The van der Waals surface area contributed by atoms with E-state index in [1.54, 1.807) is 27.2 Å². The Balaban J connectivity index is 1.38. The van der Waals surface area contributed by atoms with Crippen molar-refractivity contribution >= 4 is 34.4 Å². The van der Waals surface area contributed by atoms with Gasteiger partial charge in [0.2, 0.25) is 5.82 Å². The number of nitrogens with zero attached hydrogens (tertiary/aromatic N) is 5. The second kappa shape index (κ2) is 7.16. The molecule has 0 aliphatic carbocycles. The van der Waals surface area contributed by atoms with Crippen molar-refractivity contribution < 1.29 is 4.79 Å². The van der Waals surface area contributed by atoms with Crippen molar-refractivity contribution in [1.29, 1.82) is 0 Å². The molecular formula is C18H18N6OS2. The minimum Gasteiger partial charge on any atom is -0.349 e. The van der Waals surface area contributed by atoms with Gasteiger partial charge in [-0.2, -0.15) is 4.98 Å². The van der Waals surface area contributed by atoms with Crippen molar-refractivity contribution in [3.05, 3.63) is 50.7 Å². The summed E-state index contributed by atoms with van der Waals surface area (Å²) in [6.45, 7) is 6.33. The van der Waals surface area contributed by atoms with E-state index in [0.29, 0.717) is 12.3 Å². The zero-order valence-corrected chi connectivity index (χ0v) is 16.8. The predicted molar refractivity (Wildman–Crippen MR) is 106 cm³/mol. The normalized spacial score (nSPS) is 11.2. The van der Waals surface area contributed by atoms with Crippen molar-refractivity contribution in [2.75, 3.05) is 6.54 Å². The van der Waals surface area contributed by atoms with E-state index >= 15 is 0 Å². The average molecular weight is 399 g/mol. The van der Waals surface area contributed by atoms with E-state index in [4.69, 9.17) is 0 Å². The number of hydrogen-bond donors (Lipinski definition) is 1. The van der Waals surface area contributed by atoms with E-state index in [1.165, 1.54) is 4.88 Å².